The van der Waals surface area contributed by atoms with Crippen LogP contribution in [-0.2, 0) is 9.59 Å². The SMILES string of the molecule is COc1ccc(OC)c(NC(=O)[C@@H]2[C@H](C(=O)O)C2(C)C)c1. The summed E-state index contributed by atoms with van der Waals surface area (Å²) in [5.74, 6) is -1.40. The molecule has 0 heterocycles. The monoisotopic (exact) mass is 293 g/mol. The number of anilines is 1. The van der Waals surface area contributed by atoms with Gasteiger partial charge in [-0.3, -0.25) is 9.59 Å². The van der Waals surface area contributed by atoms with Crippen LogP contribution in [0.15, 0.2) is 18.2 Å². The maximum absolute atomic E-state index is 12.3. The average Bonchev–Trinajstić information content (AvgIpc) is 3.02. The normalized spacial score (nSPS) is 22.3. The fraction of sp³-hybridized carbons (Fsp3) is 0.467. The number of carbonyl (C=O) groups is 2. The highest BCUT2D eigenvalue weighted by atomic mass is 16.5. The van der Waals surface area contributed by atoms with E-state index in [0.29, 0.717) is 17.2 Å². The molecule has 6 nitrogen and oxygen atoms in total. The van der Waals surface area contributed by atoms with Gasteiger partial charge in [0.25, 0.3) is 0 Å². The van der Waals surface area contributed by atoms with E-state index in [9.17, 15) is 9.59 Å². The highest BCUT2D eigenvalue weighted by Gasteiger charge is 2.65. The molecule has 21 heavy (non-hydrogen) atoms. The zero-order chi connectivity index (χ0) is 15.8. The number of hydrogen-bond donors (Lipinski definition) is 2. The van der Waals surface area contributed by atoms with Gasteiger partial charge in [0.1, 0.15) is 11.5 Å². The van der Waals surface area contributed by atoms with Crippen LogP contribution >= 0.6 is 0 Å². The second-order valence-corrected chi connectivity index (χ2v) is 5.67. The topological polar surface area (TPSA) is 84.9 Å². The van der Waals surface area contributed by atoms with Gasteiger partial charge in [0, 0.05) is 6.07 Å². The molecule has 0 spiro atoms. The lowest BCUT2D eigenvalue weighted by molar-refractivity contribution is -0.140. The number of rotatable bonds is 5. The molecule has 2 N–H and O–H groups in total. The van der Waals surface area contributed by atoms with Gasteiger partial charge in [0.05, 0.1) is 31.7 Å². The van der Waals surface area contributed by atoms with Crippen LogP contribution in [0.2, 0.25) is 0 Å². The summed E-state index contributed by atoms with van der Waals surface area (Å²) in [4.78, 5) is 23.4. The van der Waals surface area contributed by atoms with Crippen molar-refractivity contribution in [2.45, 2.75) is 13.8 Å². The molecule has 2 rings (SSSR count). The van der Waals surface area contributed by atoms with Crippen LogP contribution in [0, 0.1) is 17.3 Å². The van der Waals surface area contributed by atoms with Crippen LogP contribution in [0.3, 0.4) is 0 Å². The summed E-state index contributed by atoms with van der Waals surface area (Å²) < 4.78 is 10.3. The van der Waals surface area contributed by atoms with E-state index in [1.165, 1.54) is 14.2 Å². The van der Waals surface area contributed by atoms with Crippen molar-refractivity contribution in [3.8, 4) is 11.5 Å². The number of carboxylic acids is 1. The van der Waals surface area contributed by atoms with Gasteiger partial charge in [0.2, 0.25) is 5.91 Å². The highest BCUT2D eigenvalue weighted by molar-refractivity contribution is 6.00. The van der Waals surface area contributed by atoms with E-state index in [1.807, 2.05) is 0 Å². The van der Waals surface area contributed by atoms with Gasteiger partial charge in [0.15, 0.2) is 0 Å². The lowest BCUT2D eigenvalue weighted by Crippen LogP contribution is -2.18. The van der Waals surface area contributed by atoms with Gasteiger partial charge < -0.3 is 19.9 Å². The third kappa shape index (κ3) is 2.66. The Morgan fingerprint density at radius 3 is 2.33 bits per heavy atom. The Balaban J connectivity index is 2.19. The molecule has 1 aliphatic rings. The summed E-state index contributed by atoms with van der Waals surface area (Å²) in [7, 11) is 3.02. The number of ether oxygens (including phenoxy) is 2. The van der Waals surface area contributed by atoms with Crippen molar-refractivity contribution in [2.75, 3.05) is 19.5 Å². The van der Waals surface area contributed by atoms with Gasteiger partial charge in [-0.15, -0.1) is 0 Å². The number of carboxylic acid groups (broad SMARTS) is 1. The Morgan fingerprint density at radius 1 is 1.19 bits per heavy atom. The second-order valence-electron chi connectivity index (χ2n) is 5.67. The lowest BCUT2D eigenvalue weighted by atomic mass is 10.1. The molecule has 1 aliphatic carbocycles. The van der Waals surface area contributed by atoms with Crippen molar-refractivity contribution in [2.24, 2.45) is 17.3 Å². The van der Waals surface area contributed by atoms with Gasteiger partial charge in [-0.2, -0.15) is 0 Å². The Labute approximate surface area is 123 Å². The molecule has 0 radical (unpaired) electrons. The van der Waals surface area contributed by atoms with Crippen LogP contribution < -0.4 is 14.8 Å². The molecule has 0 aliphatic heterocycles. The maximum atomic E-state index is 12.3. The maximum Gasteiger partial charge on any atom is 0.307 e. The average molecular weight is 293 g/mol. The molecule has 1 amide bonds. The first kappa shape index (κ1) is 15.2. The fourth-order valence-corrected chi connectivity index (χ4v) is 2.71. The van der Waals surface area contributed by atoms with Crippen LogP contribution in [-0.4, -0.2) is 31.2 Å². The summed E-state index contributed by atoms with van der Waals surface area (Å²) in [5, 5.41) is 11.9. The first-order chi connectivity index (χ1) is 9.82. The number of benzene rings is 1. The van der Waals surface area contributed by atoms with E-state index in [2.05, 4.69) is 5.32 Å². The van der Waals surface area contributed by atoms with E-state index in [0.717, 1.165) is 0 Å². The molecule has 0 saturated heterocycles. The Bertz CT molecular complexity index is 581. The largest absolute Gasteiger partial charge is 0.497 e. The first-order valence-corrected chi connectivity index (χ1v) is 6.58. The summed E-state index contributed by atoms with van der Waals surface area (Å²) in [6, 6.07) is 5.04. The minimum Gasteiger partial charge on any atom is -0.497 e. The van der Waals surface area contributed by atoms with Gasteiger partial charge in [-0.1, -0.05) is 13.8 Å². The molecular weight excluding hydrogens is 274 g/mol. The van der Waals surface area contributed by atoms with E-state index in [4.69, 9.17) is 14.6 Å². The molecule has 0 aromatic heterocycles. The number of hydrogen-bond acceptors (Lipinski definition) is 4. The number of carbonyl (C=O) groups excluding carboxylic acids is 1. The zero-order valence-electron chi connectivity index (χ0n) is 12.5. The minimum absolute atomic E-state index is 0.320. The molecular formula is C15H19NO5. The molecule has 1 aromatic rings. The third-order valence-corrected chi connectivity index (χ3v) is 4.04. The smallest absolute Gasteiger partial charge is 0.307 e. The quantitative estimate of drug-likeness (QED) is 0.867. The van der Waals surface area contributed by atoms with Crippen molar-refractivity contribution in [3.05, 3.63) is 18.2 Å². The van der Waals surface area contributed by atoms with Crippen LogP contribution in [0.4, 0.5) is 5.69 Å². The van der Waals surface area contributed by atoms with Crippen LogP contribution in [0.1, 0.15) is 13.8 Å². The van der Waals surface area contributed by atoms with Crippen molar-refractivity contribution in [1.82, 2.24) is 0 Å². The molecule has 1 saturated carbocycles. The lowest BCUT2D eigenvalue weighted by Gasteiger charge is -2.12. The molecule has 1 fully saturated rings. The Kier molecular flexibility index (Phi) is 3.80. The fourth-order valence-electron chi connectivity index (χ4n) is 2.71. The van der Waals surface area contributed by atoms with Gasteiger partial charge in [-0.25, -0.2) is 0 Å². The minimum atomic E-state index is -0.947. The Morgan fingerprint density at radius 2 is 1.86 bits per heavy atom. The van der Waals surface area contributed by atoms with E-state index < -0.39 is 23.2 Å². The predicted octanol–water partition coefficient (Wildman–Crippen LogP) is 2.00. The van der Waals surface area contributed by atoms with Crippen molar-refractivity contribution >= 4 is 17.6 Å². The molecule has 2 atom stereocenters. The molecule has 0 bridgehead atoms. The van der Waals surface area contributed by atoms with E-state index in [-0.39, 0.29) is 5.91 Å². The summed E-state index contributed by atoms with van der Waals surface area (Å²) in [5.41, 5.74) is -0.0733. The number of aliphatic carboxylic acids is 1. The number of amides is 1. The molecule has 0 unspecified atom stereocenters. The van der Waals surface area contributed by atoms with Crippen LogP contribution in [0.25, 0.3) is 0 Å². The standard InChI is InChI=1S/C15H19NO5/c1-15(2)11(12(15)14(18)19)13(17)16-9-7-8(20-3)5-6-10(9)21-4/h5-7,11-12H,1-4H3,(H,16,17)(H,18,19)/t11-,12+/m0/s1. The summed E-state index contributed by atoms with van der Waals surface area (Å²) in [6.45, 7) is 3.55. The van der Waals surface area contributed by atoms with Crippen molar-refractivity contribution in [1.29, 1.82) is 0 Å². The first-order valence-electron chi connectivity index (χ1n) is 6.58. The van der Waals surface area contributed by atoms with E-state index in [1.54, 1.807) is 32.0 Å². The molecule has 114 valence electrons. The van der Waals surface area contributed by atoms with Crippen molar-refractivity contribution < 1.29 is 24.2 Å². The molecule has 6 heteroatoms. The molecule has 1 aromatic carbocycles. The summed E-state index contributed by atoms with van der Waals surface area (Å²) >= 11 is 0. The second kappa shape index (κ2) is 5.27. The van der Waals surface area contributed by atoms with Gasteiger partial charge in [-0.05, 0) is 17.5 Å². The van der Waals surface area contributed by atoms with Crippen LogP contribution in [0.5, 0.6) is 11.5 Å². The number of nitrogens with one attached hydrogen (secondary N) is 1. The zero-order valence-corrected chi connectivity index (χ0v) is 12.5. The predicted molar refractivity (Wildman–Crippen MR) is 76.6 cm³/mol. The third-order valence-electron chi connectivity index (χ3n) is 4.04. The Hall–Kier alpha value is -2.24. The highest BCUT2D eigenvalue weighted by Crippen LogP contribution is 2.58. The number of methoxy groups -OCH3 is 2. The summed E-state index contributed by atoms with van der Waals surface area (Å²) in [6.07, 6.45) is 0. The van der Waals surface area contributed by atoms with Crippen molar-refractivity contribution in [3.63, 3.8) is 0 Å². The van der Waals surface area contributed by atoms with Gasteiger partial charge >= 0.3 is 5.97 Å². The van der Waals surface area contributed by atoms with E-state index >= 15 is 0 Å².